The molecule has 1 unspecified atom stereocenters. The Balaban J connectivity index is 0.00000128. The Labute approximate surface area is 113 Å². The molecule has 0 aromatic rings. The van der Waals surface area contributed by atoms with Gasteiger partial charge in [0, 0.05) is 0 Å². The van der Waals surface area contributed by atoms with Crippen LogP contribution in [0.15, 0.2) is 54.2 Å². The maximum absolute atomic E-state index is 3.78. The summed E-state index contributed by atoms with van der Waals surface area (Å²) in [5.41, 5.74) is 2.85. The molecule has 0 N–H and O–H groups in total. The van der Waals surface area contributed by atoms with E-state index in [1.807, 2.05) is 0 Å². The third-order valence-corrected chi connectivity index (χ3v) is 2.97. The van der Waals surface area contributed by atoms with Gasteiger partial charge in [0.05, 0.1) is 0 Å². The Bertz CT molecular complexity index is 339. The summed E-state index contributed by atoms with van der Waals surface area (Å²) in [6.07, 6.45) is 18.3. The minimum Gasteiger partial charge on any atom is -0.509 e. The van der Waals surface area contributed by atoms with Gasteiger partial charge in [-0.25, -0.2) is 0 Å². The molecule has 0 heterocycles. The molecule has 1 heteroatoms. The van der Waals surface area contributed by atoms with Crippen LogP contribution in [0.3, 0.4) is 0 Å². The summed E-state index contributed by atoms with van der Waals surface area (Å²) in [5.74, 6) is 1.74. The van der Waals surface area contributed by atoms with Crippen molar-refractivity contribution in [3.05, 3.63) is 66.2 Å². The summed E-state index contributed by atoms with van der Waals surface area (Å²) in [6, 6.07) is 0. The van der Waals surface area contributed by atoms with Crippen LogP contribution in [0.2, 0.25) is 0 Å². The van der Waals surface area contributed by atoms with Gasteiger partial charge in [0.2, 0.25) is 0 Å². The van der Waals surface area contributed by atoms with Crippen molar-refractivity contribution in [1.82, 2.24) is 0 Å². The molecule has 80 valence electrons. The predicted molar refractivity (Wildman–Crippen MR) is 65.0 cm³/mol. The van der Waals surface area contributed by atoms with Gasteiger partial charge >= 0.3 is 21.7 Å². The first-order valence-corrected chi connectivity index (χ1v) is 5.44. The number of hydrogen-bond acceptors (Lipinski definition) is 0. The van der Waals surface area contributed by atoms with E-state index in [0.29, 0.717) is 5.92 Å². The summed E-state index contributed by atoms with van der Waals surface area (Å²) in [7, 11) is 0. The maximum Gasteiger partial charge on any atom is 2.00 e. The van der Waals surface area contributed by atoms with Crippen LogP contribution in [0.5, 0.6) is 0 Å². The van der Waals surface area contributed by atoms with Gasteiger partial charge in [-0.05, 0) is 12.8 Å². The quantitative estimate of drug-likeness (QED) is 0.518. The number of rotatable bonds is 4. The standard InChI is InChI=1S/C15H16.Ti/c1-3-12(2)15(13-8-4-5-9-13)14-10-6-7-11-14;/h4-8,10,12H,1,9,11H2,2H3;/q-2;+2. The maximum atomic E-state index is 3.78. The zero-order chi connectivity index (χ0) is 10.7. The molecule has 0 saturated heterocycles. The summed E-state index contributed by atoms with van der Waals surface area (Å²) >= 11 is 0. The predicted octanol–water partition coefficient (Wildman–Crippen LogP) is 3.96. The van der Waals surface area contributed by atoms with Gasteiger partial charge < -0.3 is 6.08 Å². The van der Waals surface area contributed by atoms with E-state index in [9.17, 15) is 0 Å². The van der Waals surface area contributed by atoms with E-state index in [4.69, 9.17) is 0 Å². The molecule has 0 aliphatic heterocycles. The van der Waals surface area contributed by atoms with Crippen molar-refractivity contribution in [3.63, 3.8) is 0 Å². The first-order valence-electron chi connectivity index (χ1n) is 5.44. The van der Waals surface area contributed by atoms with E-state index >= 15 is 0 Å². The number of hydrogen-bond donors (Lipinski definition) is 0. The molecular formula is C15H16Ti. The molecule has 2 aliphatic rings. The molecule has 1 atom stereocenters. The van der Waals surface area contributed by atoms with Crippen LogP contribution in [-0.2, 0) is 21.7 Å². The van der Waals surface area contributed by atoms with Crippen molar-refractivity contribution in [2.75, 3.05) is 0 Å². The molecule has 0 fully saturated rings. The fourth-order valence-electron chi connectivity index (χ4n) is 2.16. The van der Waals surface area contributed by atoms with Gasteiger partial charge in [0.1, 0.15) is 0 Å². The Kier molecular flexibility index (Phi) is 5.11. The van der Waals surface area contributed by atoms with E-state index in [1.54, 1.807) is 0 Å². The van der Waals surface area contributed by atoms with E-state index in [-0.39, 0.29) is 21.7 Å². The second kappa shape index (κ2) is 6.13. The third-order valence-electron chi connectivity index (χ3n) is 2.97. The van der Waals surface area contributed by atoms with Gasteiger partial charge in [-0.3, -0.25) is 6.58 Å². The minimum absolute atomic E-state index is 0. The SMILES string of the molecule is C=[C-]C(C)[C-](C1=CC=CC1)C1=CC=CC1.[Ti+2]. The van der Waals surface area contributed by atoms with E-state index in [1.165, 1.54) is 17.1 Å². The van der Waals surface area contributed by atoms with Crippen LogP contribution in [0.4, 0.5) is 0 Å². The largest absolute Gasteiger partial charge is 2.00 e. The van der Waals surface area contributed by atoms with Gasteiger partial charge in [-0.1, -0.05) is 19.1 Å². The van der Waals surface area contributed by atoms with E-state index in [0.717, 1.165) is 12.8 Å². The molecule has 0 aromatic heterocycles. The summed E-state index contributed by atoms with van der Waals surface area (Å²) < 4.78 is 0. The molecular weight excluding hydrogens is 228 g/mol. The molecule has 0 radical (unpaired) electrons. The molecule has 0 amide bonds. The molecule has 0 saturated carbocycles. The zero-order valence-electron chi connectivity index (χ0n) is 9.66. The Hall–Kier alpha value is -0.716. The fraction of sp³-hybridized carbons (Fsp3) is 0.267. The Morgan fingerprint density at radius 1 is 1.19 bits per heavy atom. The second-order valence-electron chi connectivity index (χ2n) is 3.99. The van der Waals surface area contributed by atoms with Gasteiger partial charge in [0.25, 0.3) is 0 Å². The fourth-order valence-corrected chi connectivity index (χ4v) is 2.16. The van der Waals surface area contributed by atoms with Crippen LogP contribution in [0.25, 0.3) is 0 Å². The topological polar surface area (TPSA) is 0 Å². The zero-order valence-corrected chi connectivity index (χ0v) is 11.2. The van der Waals surface area contributed by atoms with Gasteiger partial charge in [-0.2, -0.15) is 35.1 Å². The van der Waals surface area contributed by atoms with Crippen LogP contribution >= 0.6 is 0 Å². The van der Waals surface area contributed by atoms with Crippen molar-refractivity contribution < 1.29 is 21.7 Å². The molecule has 0 bridgehead atoms. The van der Waals surface area contributed by atoms with Crippen molar-refractivity contribution in [2.24, 2.45) is 5.92 Å². The van der Waals surface area contributed by atoms with E-state index in [2.05, 4.69) is 56.0 Å². The van der Waals surface area contributed by atoms with Crippen molar-refractivity contribution in [2.45, 2.75) is 19.8 Å². The van der Waals surface area contributed by atoms with Crippen LogP contribution in [-0.4, -0.2) is 0 Å². The third kappa shape index (κ3) is 2.69. The van der Waals surface area contributed by atoms with Gasteiger partial charge in [0.15, 0.2) is 0 Å². The molecule has 2 rings (SSSR count). The Morgan fingerprint density at radius 2 is 1.69 bits per heavy atom. The van der Waals surface area contributed by atoms with Crippen LogP contribution < -0.4 is 0 Å². The minimum atomic E-state index is 0. The number of allylic oxidation sites excluding steroid dienone is 9. The normalized spacial score (nSPS) is 18.8. The molecule has 16 heavy (non-hydrogen) atoms. The average Bonchev–Trinajstić information content (AvgIpc) is 2.90. The van der Waals surface area contributed by atoms with Crippen molar-refractivity contribution in [1.29, 1.82) is 0 Å². The molecule has 0 spiro atoms. The summed E-state index contributed by atoms with van der Waals surface area (Å²) in [6.45, 7) is 5.95. The van der Waals surface area contributed by atoms with E-state index < -0.39 is 0 Å². The van der Waals surface area contributed by atoms with Gasteiger partial charge in [-0.15, -0.1) is 12.2 Å². The second-order valence-corrected chi connectivity index (χ2v) is 3.99. The van der Waals surface area contributed by atoms with Crippen molar-refractivity contribution in [3.8, 4) is 0 Å². The molecule has 0 aromatic carbocycles. The summed E-state index contributed by atoms with van der Waals surface area (Å²) in [5, 5.41) is 0. The smallest absolute Gasteiger partial charge is 0.509 e. The van der Waals surface area contributed by atoms with Crippen LogP contribution in [0, 0.1) is 17.9 Å². The Morgan fingerprint density at radius 3 is 2.00 bits per heavy atom. The van der Waals surface area contributed by atoms with Crippen molar-refractivity contribution >= 4 is 0 Å². The monoisotopic (exact) mass is 244 g/mol. The first-order chi connectivity index (χ1) is 7.33. The average molecular weight is 244 g/mol. The first kappa shape index (κ1) is 13.3. The molecule has 0 nitrogen and oxygen atoms in total. The van der Waals surface area contributed by atoms with Crippen LogP contribution in [0.1, 0.15) is 19.8 Å². The summed E-state index contributed by atoms with van der Waals surface area (Å²) in [4.78, 5) is 0. The molecule has 2 aliphatic carbocycles.